The Labute approximate surface area is 100 Å². The molecule has 1 heterocycles. The predicted molar refractivity (Wildman–Crippen MR) is 61.1 cm³/mol. The molecule has 0 amide bonds. The van der Waals surface area contributed by atoms with E-state index >= 15 is 0 Å². The van der Waals surface area contributed by atoms with Crippen LogP contribution in [0.1, 0.15) is 18.6 Å². The van der Waals surface area contributed by atoms with E-state index in [1.165, 1.54) is 29.2 Å². The molecule has 0 spiro atoms. The van der Waals surface area contributed by atoms with Crippen molar-refractivity contribution in [2.24, 2.45) is 0 Å². The molecular weight excluding hydrogens is 247 g/mol. The van der Waals surface area contributed by atoms with Crippen molar-refractivity contribution < 1.29 is 9.50 Å². The molecule has 0 fully saturated rings. The lowest BCUT2D eigenvalue weighted by atomic mass is 10.1. The summed E-state index contributed by atoms with van der Waals surface area (Å²) in [6, 6.07) is 4.69. The van der Waals surface area contributed by atoms with Gasteiger partial charge in [-0.05, 0) is 24.6 Å². The Balaban J connectivity index is 2.23. The lowest BCUT2D eigenvalue weighted by Gasteiger charge is -2.06. The van der Waals surface area contributed by atoms with Crippen LogP contribution in [-0.2, 0) is 0 Å². The molecule has 3 nitrogen and oxygen atoms in total. The van der Waals surface area contributed by atoms with Crippen LogP contribution < -0.4 is 0 Å². The maximum atomic E-state index is 13.6. The van der Waals surface area contributed by atoms with Crippen molar-refractivity contribution in [1.29, 1.82) is 0 Å². The van der Waals surface area contributed by atoms with Crippen molar-refractivity contribution in [3.63, 3.8) is 0 Å². The second-order valence-electron chi connectivity index (χ2n) is 3.17. The Kier molecular flexibility index (Phi) is 3.52. The van der Waals surface area contributed by atoms with Gasteiger partial charge in [0.2, 0.25) is 0 Å². The van der Waals surface area contributed by atoms with Crippen LogP contribution in [0.15, 0.2) is 32.9 Å². The van der Waals surface area contributed by atoms with Gasteiger partial charge < -0.3 is 5.11 Å². The Morgan fingerprint density at radius 3 is 2.88 bits per heavy atom. The number of aromatic nitrogens is 2. The van der Waals surface area contributed by atoms with Gasteiger partial charge in [0, 0.05) is 0 Å². The summed E-state index contributed by atoms with van der Waals surface area (Å²) in [5.74, 6) is -0.349. The molecule has 0 bridgehead atoms. The van der Waals surface area contributed by atoms with Crippen molar-refractivity contribution in [1.82, 2.24) is 10.2 Å². The number of halogens is 1. The van der Waals surface area contributed by atoms with Crippen LogP contribution in [0.4, 0.5) is 4.39 Å². The molecule has 0 aliphatic rings. The van der Waals surface area contributed by atoms with Gasteiger partial charge in [0.05, 0.1) is 11.0 Å². The van der Waals surface area contributed by atoms with Gasteiger partial charge in [0.15, 0.2) is 4.34 Å². The first kappa shape index (κ1) is 11.5. The first-order valence-corrected chi connectivity index (χ1v) is 6.28. The summed E-state index contributed by atoms with van der Waals surface area (Å²) in [5.41, 5.74) is 2.17. The van der Waals surface area contributed by atoms with E-state index in [2.05, 4.69) is 10.2 Å². The predicted octanol–water partition coefficient (Wildman–Crippen LogP) is 2.88. The average Bonchev–Trinajstić information content (AvgIpc) is 2.73. The summed E-state index contributed by atoms with van der Waals surface area (Å²) in [6.07, 6.45) is -0.657. The largest absolute Gasteiger partial charge is 0.389 e. The minimum atomic E-state index is -0.657. The summed E-state index contributed by atoms with van der Waals surface area (Å²) >= 11 is 2.59. The average molecular weight is 256 g/mol. The molecule has 1 aromatic heterocycles. The second-order valence-corrected chi connectivity index (χ2v) is 5.29. The maximum Gasteiger partial charge on any atom is 0.178 e. The molecule has 0 aliphatic carbocycles. The molecular formula is C10H9FN2OS2. The third kappa shape index (κ3) is 2.58. The van der Waals surface area contributed by atoms with Crippen LogP contribution in [0.5, 0.6) is 0 Å². The SMILES string of the molecule is C[C@@H](O)c1ccc(Sc2nncs2)c(F)c1. The van der Waals surface area contributed by atoms with Gasteiger partial charge in [-0.25, -0.2) is 4.39 Å². The fraction of sp³-hybridized carbons (Fsp3) is 0.200. The van der Waals surface area contributed by atoms with Crippen LogP contribution in [-0.4, -0.2) is 15.3 Å². The second kappa shape index (κ2) is 4.90. The van der Waals surface area contributed by atoms with Gasteiger partial charge in [-0.3, -0.25) is 0 Å². The zero-order valence-electron chi connectivity index (χ0n) is 8.42. The number of hydrogen-bond donors (Lipinski definition) is 1. The van der Waals surface area contributed by atoms with Crippen LogP contribution >= 0.6 is 23.1 Å². The fourth-order valence-corrected chi connectivity index (χ4v) is 2.60. The molecule has 0 aliphatic heterocycles. The summed E-state index contributed by atoms with van der Waals surface area (Å²) in [6.45, 7) is 1.60. The number of benzene rings is 1. The zero-order chi connectivity index (χ0) is 11.5. The standard InChI is InChI=1S/C10H9FN2OS2/c1-6(14)7-2-3-9(8(11)4-7)16-10-13-12-5-15-10/h2-6,14H,1H3/t6-/m1/s1. The van der Waals surface area contributed by atoms with E-state index in [0.29, 0.717) is 14.8 Å². The van der Waals surface area contributed by atoms with E-state index in [0.717, 1.165) is 0 Å². The lowest BCUT2D eigenvalue weighted by molar-refractivity contribution is 0.198. The molecule has 84 valence electrons. The van der Waals surface area contributed by atoms with Crippen molar-refractivity contribution in [3.05, 3.63) is 35.1 Å². The Bertz CT molecular complexity index is 474. The molecule has 1 aromatic carbocycles. The quantitative estimate of drug-likeness (QED) is 0.917. The fourth-order valence-electron chi connectivity index (χ4n) is 1.16. The van der Waals surface area contributed by atoms with Crippen LogP contribution in [0, 0.1) is 5.82 Å². The number of nitrogens with zero attached hydrogens (tertiary/aromatic N) is 2. The van der Waals surface area contributed by atoms with E-state index in [9.17, 15) is 9.50 Å². The smallest absolute Gasteiger partial charge is 0.178 e. The highest BCUT2D eigenvalue weighted by Crippen LogP contribution is 2.31. The Morgan fingerprint density at radius 1 is 1.50 bits per heavy atom. The van der Waals surface area contributed by atoms with Gasteiger partial charge in [0.1, 0.15) is 11.3 Å². The van der Waals surface area contributed by atoms with Crippen LogP contribution in [0.25, 0.3) is 0 Å². The number of rotatable bonds is 3. The zero-order valence-corrected chi connectivity index (χ0v) is 10.1. The molecule has 2 rings (SSSR count). The summed E-state index contributed by atoms with van der Waals surface area (Å²) in [5, 5.41) is 16.8. The normalized spacial score (nSPS) is 12.7. The van der Waals surface area contributed by atoms with Gasteiger partial charge >= 0.3 is 0 Å². The molecule has 0 unspecified atom stereocenters. The van der Waals surface area contributed by atoms with Crippen molar-refractivity contribution in [2.45, 2.75) is 22.3 Å². The molecule has 6 heteroatoms. The number of aliphatic hydroxyl groups is 1. The topological polar surface area (TPSA) is 46.0 Å². The first-order valence-electron chi connectivity index (χ1n) is 4.58. The van der Waals surface area contributed by atoms with Gasteiger partial charge in [-0.1, -0.05) is 29.2 Å². The van der Waals surface area contributed by atoms with E-state index in [1.54, 1.807) is 24.6 Å². The monoisotopic (exact) mass is 256 g/mol. The minimum Gasteiger partial charge on any atom is -0.389 e. The highest BCUT2D eigenvalue weighted by Gasteiger charge is 2.09. The first-order chi connectivity index (χ1) is 7.66. The lowest BCUT2D eigenvalue weighted by Crippen LogP contribution is -1.92. The van der Waals surface area contributed by atoms with Crippen molar-refractivity contribution >= 4 is 23.1 Å². The van der Waals surface area contributed by atoms with E-state index in [-0.39, 0.29) is 5.82 Å². The van der Waals surface area contributed by atoms with Gasteiger partial charge in [-0.2, -0.15) is 0 Å². The number of hydrogen-bond acceptors (Lipinski definition) is 5. The van der Waals surface area contributed by atoms with Gasteiger partial charge in [-0.15, -0.1) is 10.2 Å². The minimum absolute atomic E-state index is 0.349. The molecule has 1 atom stereocenters. The van der Waals surface area contributed by atoms with Crippen molar-refractivity contribution in [2.75, 3.05) is 0 Å². The molecule has 0 saturated heterocycles. The van der Waals surface area contributed by atoms with Crippen LogP contribution in [0.2, 0.25) is 0 Å². The molecule has 2 aromatic rings. The molecule has 0 saturated carbocycles. The molecule has 0 radical (unpaired) electrons. The molecule has 16 heavy (non-hydrogen) atoms. The van der Waals surface area contributed by atoms with E-state index < -0.39 is 6.10 Å². The van der Waals surface area contributed by atoms with E-state index in [1.807, 2.05) is 0 Å². The third-order valence-corrected chi connectivity index (χ3v) is 3.80. The maximum absolute atomic E-state index is 13.6. The highest BCUT2D eigenvalue weighted by molar-refractivity contribution is 8.01. The summed E-state index contributed by atoms with van der Waals surface area (Å²) < 4.78 is 14.3. The van der Waals surface area contributed by atoms with Crippen LogP contribution in [0.3, 0.4) is 0 Å². The third-order valence-electron chi connectivity index (χ3n) is 1.98. The van der Waals surface area contributed by atoms with Gasteiger partial charge in [0.25, 0.3) is 0 Å². The summed E-state index contributed by atoms with van der Waals surface area (Å²) in [7, 11) is 0. The number of aliphatic hydroxyl groups excluding tert-OH is 1. The Hall–Kier alpha value is -0.980. The van der Waals surface area contributed by atoms with Crippen molar-refractivity contribution in [3.8, 4) is 0 Å². The summed E-state index contributed by atoms with van der Waals surface area (Å²) in [4.78, 5) is 0.487. The molecule has 1 N–H and O–H groups in total. The van der Waals surface area contributed by atoms with E-state index in [4.69, 9.17) is 0 Å². The highest BCUT2D eigenvalue weighted by atomic mass is 32.2. The Morgan fingerprint density at radius 2 is 2.31 bits per heavy atom.